The number of rotatable bonds is 2. The van der Waals surface area contributed by atoms with Crippen LogP contribution in [0.4, 0.5) is 13.2 Å². The molecule has 1 aromatic heterocycles. The second-order valence-electron chi connectivity index (χ2n) is 4.65. The largest absolute Gasteiger partial charge is 0.450 e. The van der Waals surface area contributed by atoms with Crippen molar-refractivity contribution in [1.82, 2.24) is 8.96 Å². The molecule has 0 atom stereocenters. The predicted molar refractivity (Wildman–Crippen MR) is 78.8 cm³/mol. The van der Waals surface area contributed by atoms with Gasteiger partial charge in [-0.3, -0.25) is 0 Å². The monoisotopic (exact) mass is 360 g/mol. The molecule has 0 aliphatic carbocycles. The zero-order valence-corrected chi connectivity index (χ0v) is 12.8. The number of hydrogen-bond donors (Lipinski definition) is 0. The van der Waals surface area contributed by atoms with E-state index in [1.807, 2.05) is 0 Å². The number of hydrogen-bond acceptors (Lipinski definition) is 3. The minimum atomic E-state index is -4.92. The van der Waals surface area contributed by atoms with Gasteiger partial charge in [0.1, 0.15) is 0 Å². The van der Waals surface area contributed by atoms with Crippen molar-refractivity contribution in [2.75, 3.05) is 0 Å². The Morgan fingerprint density at radius 3 is 2.22 bits per heavy atom. The van der Waals surface area contributed by atoms with Crippen LogP contribution in [-0.4, -0.2) is 17.4 Å². The van der Waals surface area contributed by atoms with E-state index in [-0.39, 0.29) is 24.9 Å². The lowest BCUT2D eigenvalue weighted by Gasteiger charge is -2.12. The van der Waals surface area contributed by atoms with Crippen LogP contribution in [0.25, 0.3) is 11.0 Å². The van der Waals surface area contributed by atoms with Crippen molar-refractivity contribution in [3.8, 4) is 0 Å². The first-order valence-corrected chi connectivity index (χ1v) is 8.09. The molecule has 3 aromatic rings. The number of para-hydroxylation sites is 2. The summed E-state index contributed by atoms with van der Waals surface area (Å²) in [4.78, 5) is 3.12. The van der Waals surface area contributed by atoms with E-state index in [1.54, 1.807) is 0 Å². The molecule has 0 spiro atoms. The molecule has 2 aromatic carbocycles. The van der Waals surface area contributed by atoms with E-state index in [4.69, 9.17) is 11.6 Å². The van der Waals surface area contributed by atoms with Crippen LogP contribution in [0.3, 0.4) is 0 Å². The van der Waals surface area contributed by atoms with Gasteiger partial charge >= 0.3 is 6.18 Å². The summed E-state index contributed by atoms with van der Waals surface area (Å²) in [6, 6.07) is 10.4. The van der Waals surface area contributed by atoms with Crippen LogP contribution in [-0.2, 0) is 16.2 Å². The summed E-state index contributed by atoms with van der Waals surface area (Å²) in [6.45, 7) is 0. The number of fused-ring (bicyclic) bond motifs is 1. The van der Waals surface area contributed by atoms with Crippen LogP contribution in [0.15, 0.2) is 53.4 Å². The second-order valence-corrected chi connectivity index (χ2v) is 6.87. The molecular weight excluding hydrogens is 353 g/mol. The van der Waals surface area contributed by atoms with E-state index < -0.39 is 22.0 Å². The number of benzene rings is 2. The van der Waals surface area contributed by atoms with Gasteiger partial charge in [-0.1, -0.05) is 23.7 Å². The first-order valence-electron chi connectivity index (χ1n) is 6.27. The molecule has 0 saturated carbocycles. The second kappa shape index (κ2) is 5.24. The fourth-order valence-corrected chi connectivity index (χ4v) is 3.74. The highest BCUT2D eigenvalue weighted by atomic mass is 35.5. The van der Waals surface area contributed by atoms with Gasteiger partial charge in [0.05, 0.1) is 15.9 Å². The summed E-state index contributed by atoms with van der Waals surface area (Å²) in [5.74, 6) is -1.49. The average Bonchev–Trinajstić information content (AvgIpc) is 2.88. The van der Waals surface area contributed by atoms with Gasteiger partial charge in [0.2, 0.25) is 5.82 Å². The molecule has 4 nitrogen and oxygen atoms in total. The quantitative estimate of drug-likeness (QED) is 0.695. The lowest BCUT2D eigenvalue weighted by molar-refractivity contribution is -0.145. The average molecular weight is 361 g/mol. The van der Waals surface area contributed by atoms with Crippen LogP contribution in [0.2, 0.25) is 5.02 Å². The third kappa shape index (κ3) is 2.68. The molecule has 0 radical (unpaired) electrons. The summed E-state index contributed by atoms with van der Waals surface area (Å²) >= 11 is 5.69. The smallest absolute Gasteiger partial charge is 0.223 e. The molecule has 0 bridgehead atoms. The summed E-state index contributed by atoms with van der Waals surface area (Å²) < 4.78 is 65.2. The molecule has 9 heteroatoms. The number of nitrogens with zero attached hydrogens (tertiary/aromatic N) is 2. The molecule has 0 aliphatic rings. The highest BCUT2D eigenvalue weighted by Gasteiger charge is 2.41. The molecule has 0 fully saturated rings. The number of alkyl halides is 3. The predicted octanol–water partition coefficient (Wildman–Crippen LogP) is 3.95. The summed E-state index contributed by atoms with van der Waals surface area (Å²) in [5.41, 5.74) is -0.202. The normalized spacial score (nSPS) is 12.7. The molecular formula is C14H8ClF3N2O2S. The molecule has 0 saturated heterocycles. The van der Waals surface area contributed by atoms with Gasteiger partial charge in [0, 0.05) is 5.02 Å². The van der Waals surface area contributed by atoms with Crippen LogP contribution in [0.5, 0.6) is 0 Å². The van der Waals surface area contributed by atoms with Crippen molar-refractivity contribution < 1.29 is 21.6 Å². The first kappa shape index (κ1) is 15.8. The van der Waals surface area contributed by atoms with Gasteiger partial charge in [-0.05, 0) is 36.4 Å². The number of imidazole rings is 1. The Balaban J connectivity index is 2.36. The molecule has 120 valence electrons. The Morgan fingerprint density at radius 2 is 1.61 bits per heavy atom. The Bertz CT molecular complexity index is 979. The first-order chi connectivity index (χ1) is 10.7. The van der Waals surface area contributed by atoms with Crippen LogP contribution < -0.4 is 0 Å². The van der Waals surface area contributed by atoms with E-state index in [9.17, 15) is 21.6 Å². The van der Waals surface area contributed by atoms with E-state index in [0.717, 1.165) is 12.1 Å². The highest BCUT2D eigenvalue weighted by Crippen LogP contribution is 2.34. The fraction of sp³-hybridized carbons (Fsp3) is 0.0714. The molecule has 3 rings (SSSR count). The summed E-state index contributed by atoms with van der Waals surface area (Å²) in [7, 11) is -4.48. The van der Waals surface area contributed by atoms with Crippen molar-refractivity contribution in [1.29, 1.82) is 0 Å². The molecule has 1 heterocycles. The Kier molecular flexibility index (Phi) is 3.61. The number of aromatic nitrogens is 2. The van der Waals surface area contributed by atoms with Crippen molar-refractivity contribution >= 4 is 32.7 Å². The standard InChI is InChI=1S/C14H8ClF3N2O2S/c15-9-5-7-10(8-6-9)23(21,22)20-12-4-2-1-3-11(12)19-13(20)14(16,17)18/h1-8H. The molecule has 0 aliphatic heterocycles. The lowest BCUT2D eigenvalue weighted by Crippen LogP contribution is -2.21. The zero-order chi connectivity index (χ0) is 16.8. The summed E-state index contributed by atoms with van der Waals surface area (Å²) in [5, 5.41) is 0.274. The van der Waals surface area contributed by atoms with Crippen molar-refractivity contribution in [2.45, 2.75) is 11.1 Å². The third-order valence-electron chi connectivity index (χ3n) is 3.12. The van der Waals surface area contributed by atoms with E-state index >= 15 is 0 Å². The molecule has 0 N–H and O–H groups in total. The van der Waals surface area contributed by atoms with Gasteiger partial charge in [0.15, 0.2) is 0 Å². The molecule has 23 heavy (non-hydrogen) atoms. The van der Waals surface area contributed by atoms with Gasteiger partial charge in [-0.2, -0.15) is 13.2 Å². The SMILES string of the molecule is O=S(=O)(c1ccc(Cl)cc1)n1c(C(F)(F)F)nc2ccccc21. The maximum atomic E-state index is 13.2. The Labute approximate surface area is 134 Å². The third-order valence-corrected chi connectivity index (χ3v) is 5.09. The van der Waals surface area contributed by atoms with Crippen LogP contribution in [0.1, 0.15) is 5.82 Å². The molecule has 0 unspecified atom stereocenters. The van der Waals surface area contributed by atoms with Crippen molar-refractivity contribution in [3.63, 3.8) is 0 Å². The Morgan fingerprint density at radius 1 is 1.00 bits per heavy atom. The highest BCUT2D eigenvalue weighted by molar-refractivity contribution is 7.90. The number of halogens is 4. The van der Waals surface area contributed by atoms with Crippen LogP contribution >= 0.6 is 11.6 Å². The van der Waals surface area contributed by atoms with Gasteiger partial charge in [-0.15, -0.1) is 0 Å². The van der Waals surface area contributed by atoms with Crippen molar-refractivity contribution in [3.05, 3.63) is 59.4 Å². The molecule has 0 amide bonds. The minimum absolute atomic E-state index is 0.0580. The maximum Gasteiger partial charge on any atom is 0.450 e. The van der Waals surface area contributed by atoms with Crippen LogP contribution in [0, 0.1) is 0 Å². The van der Waals surface area contributed by atoms with E-state index in [0.29, 0.717) is 0 Å². The van der Waals surface area contributed by atoms with Gasteiger partial charge in [-0.25, -0.2) is 17.4 Å². The lowest BCUT2D eigenvalue weighted by atomic mass is 10.3. The van der Waals surface area contributed by atoms with E-state index in [1.165, 1.54) is 36.4 Å². The van der Waals surface area contributed by atoms with E-state index in [2.05, 4.69) is 4.98 Å². The fourth-order valence-electron chi connectivity index (χ4n) is 2.14. The zero-order valence-electron chi connectivity index (χ0n) is 11.2. The minimum Gasteiger partial charge on any atom is -0.223 e. The van der Waals surface area contributed by atoms with Crippen molar-refractivity contribution in [2.24, 2.45) is 0 Å². The van der Waals surface area contributed by atoms with Gasteiger partial charge in [0.25, 0.3) is 10.0 Å². The summed E-state index contributed by atoms with van der Waals surface area (Å²) in [6.07, 6.45) is -4.92. The Hall–Kier alpha value is -2.06. The maximum absolute atomic E-state index is 13.2. The van der Waals surface area contributed by atoms with Gasteiger partial charge < -0.3 is 0 Å². The topological polar surface area (TPSA) is 52.0 Å².